The molecule has 1 N–H and O–H groups in total. The number of hydrogen-bond donors (Lipinski definition) is 1. The maximum Gasteiger partial charge on any atom is 0.0799 e. The van der Waals surface area contributed by atoms with Crippen molar-refractivity contribution in [3.63, 3.8) is 0 Å². The van der Waals surface area contributed by atoms with Crippen molar-refractivity contribution in [2.75, 3.05) is 19.6 Å². The third-order valence-electron chi connectivity index (χ3n) is 4.68. The number of piperidine rings is 1. The van der Waals surface area contributed by atoms with Gasteiger partial charge >= 0.3 is 0 Å². The minimum absolute atomic E-state index is 0. The van der Waals surface area contributed by atoms with E-state index in [1.807, 2.05) is 4.90 Å². The number of nitrogens with one attached hydrogen (secondary N) is 1. The first-order valence-corrected chi connectivity index (χ1v) is 8.70. The highest BCUT2D eigenvalue weighted by Crippen LogP contribution is 2.11. The molecule has 0 aliphatic carbocycles. The minimum Gasteiger partial charge on any atom is -1.00 e. The first-order valence-electron chi connectivity index (χ1n) is 8.70. The zero-order valence-electron chi connectivity index (χ0n) is 13.4. The van der Waals surface area contributed by atoms with Crippen LogP contribution in [-0.2, 0) is 0 Å². The highest BCUT2D eigenvalue weighted by molar-refractivity contribution is 4.59. The van der Waals surface area contributed by atoms with Crippen LogP contribution in [0.4, 0.5) is 0 Å². The van der Waals surface area contributed by atoms with Gasteiger partial charge < -0.3 is 9.60 Å². The molecule has 0 radical (unpaired) electrons. The molecule has 0 amide bonds. The number of likely N-dealkylation sites (tertiary alicyclic amines) is 1. The Morgan fingerprint density at radius 1 is 0.895 bits per heavy atom. The molecule has 2 atom stereocenters. The fraction of sp³-hybridized carbons (Fsp3) is 1.00. The Kier molecular flexibility index (Phi) is 12.8. The van der Waals surface area contributed by atoms with Crippen molar-refractivity contribution in [1.29, 1.82) is 0 Å². The molecular weight excluding hydrogens is 237 g/mol. The Morgan fingerprint density at radius 3 is 2.16 bits per heavy atom. The van der Waals surface area contributed by atoms with Gasteiger partial charge in [0.15, 0.2) is 0 Å². The van der Waals surface area contributed by atoms with E-state index in [4.69, 9.17) is 0 Å². The fourth-order valence-corrected chi connectivity index (χ4v) is 3.34. The summed E-state index contributed by atoms with van der Waals surface area (Å²) in [6.45, 7) is 9.03. The predicted molar refractivity (Wildman–Crippen MR) is 81.2 cm³/mol. The Bertz CT molecular complexity index is 184. The lowest BCUT2D eigenvalue weighted by molar-refractivity contribution is -0.909. The van der Waals surface area contributed by atoms with Crippen LogP contribution < -0.4 is 9.60 Å². The van der Waals surface area contributed by atoms with Gasteiger partial charge in [-0.2, -0.15) is 0 Å². The number of hydrogen-bond acceptors (Lipinski definition) is 0. The van der Waals surface area contributed by atoms with Crippen molar-refractivity contribution in [3.05, 3.63) is 0 Å². The third kappa shape index (κ3) is 9.43. The van der Waals surface area contributed by atoms with Crippen molar-refractivity contribution >= 4 is 0 Å². The van der Waals surface area contributed by atoms with Crippen LogP contribution in [0.15, 0.2) is 0 Å². The summed E-state index contributed by atoms with van der Waals surface area (Å²) in [5.41, 5.74) is 0. The van der Waals surface area contributed by atoms with Gasteiger partial charge in [0.25, 0.3) is 0 Å². The Balaban J connectivity index is 0.00000324. The van der Waals surface area contributed by atoms with Gasteiger partial charge in [0.05, 0.1) is 19.6 Å². The first-order chi connectivity index (χ1) is 8.86. The largest absolute Gasteiger partial charge is 1.00 e. The fourth-order valence-electron chi connectivity index (χ4n) is 3.34. The van der Waals surface area contributed by atoms with Crippen molar-refractivity contribution in [1.82, 2.24) is 0 Å². The van der Waals surface area contributed by atoms with Crippen LogP contribution in [0.2, 0.25) is 0 Å². The highest BCUT2D eigenvalue weighted by Gasteiger charge is 2.20. The third-order valence-corrected chi connectivity index (χ3v) is 4.68. The van der Waals surface area contributed by atoms with Crippen LogP contribution in [0.25, 0.3) is 0 Å². The lowest BCUT2D eigenvalue weighted by Gasteiger charge is -2.29. The summed E-state index contributed by atoms with van der Waals surface area (Å²) in [6, 6.07) is 0. The summed E-state index contributed by atoms with van der Waals surface area (Å²) in [5.74, 6) is 1.03. The molecule has 1 saturated heterocycles. The average molecular weight is 273 g/mol. The molecule has 0 aromatic rings. The first kappa shape index (κ1) is 18.9. The van der Waals surface area contributed by atoms with Crippen molar-refractivity contribution < 1.29 is 9.60 Å². The van der Waals surface area contributed by atoms with Crippen LogP contribution in [0, 0.1) is 5.92 Å². The quantitative estimate of drug-likeness (QED) is 0.563. The minimum atomic E-state index is 0. The molecule has 0 aromatic carbocycles. The SMILES string of the molecule is CCCCCCCCCC[NH+]1CCCC(CC)C1.[F-]. The normalized spacial score (nSPS) is 23.1. The molecular formula is C17H36FN. The molecule has 1 aliphatic rings. The highest BCUT2D eigenvalue weighted by atomic mass is 19.0. The van der Waals surface area contributed by atoms with Crippen molar-refractivity contribution in [3.8, 4) is 0 Å². The smallest absolute Gasteiger partial charge is 0.0799 e. The molecule has 1 nitrogen and oxygen atoms in total. The van der Waals surface area contributed by atoms with Crippen molar-refractivity contribution in [2.24, 2.45) is 5.92 Å². The molecule has 1 heterocycles. The predicted octanol–water partition coefficient (Wildman–Crippen LogP) is 0.836. The lowest BCUT2D eigenvalue weighted by atomic mass is 9.95. The van der Waals surface area contributed by atoms with Gasteiger partial charge in [0.2, 0.25) is 0 Å². The maximum atomic E-state index is 2.36. The Hall–Kier alpha value is -0.110. The zero-order chi connectivity index (χ0) is 13.1. The average Bonchev–Trinajstić information content (AvgIpc) is 2.42. The Labute approximate surface area is 120 Å². The zero-order valence-corrected chi connectivity index (χ0v) is 13.4. The van der Waals surface area contributed by atoms with Gasteiger partial charge in [-0.15, -0.1) is 0 Å². The molecule has 116 valence electrons. The van der Waals surface area contributed by atoms with E-state index in [0.717, 1.165) is 5.92 Å². The van der Waals surface area contributed by atoms with E-state index in [1.54, 1.807) is 0 Å². The van der Waals surface area contributed by atoms with Crippen LogP contribution >= 0.6 is 0 Å². The van der Waals surface area contributed by atoms with E-state index in [0.29, 0.717) is 0 Å². The molecule has 1 fully saturated rings. The molecule has 0 bridgehead atoms. The van der Waals surface area contributed by atoms with Gasteiger partial charge in [-0.05, 0) is 32.1 Å². The molecule has 0 saturated carbocycles. The summed E-state index contributed by atoms with van der Waals surface area (Å²) < 4.78 is 0. The monoisotopic (exact) mass is 273 g/mol. The van der Waals surface area contributed by atoms with Gasteiger partial charge in [-0.1, -0.05) is 52.4 Å². The van der Waals surface area contributed by atoms with Crippen LogP contribution in [-0.4, -0.2) is 19.6 Å². The van der Waals surface area contributed by atoms with Crippen LogP contribution in [0.5, 0.6) is 0 Å². The second-order valence-electron chi connectivity index (χ2n) is 6.35. The summed E-state index contributed by atoms with van der Waals surface area (Å²) in [7, 11) is 0. The molecule has 2 heteroatoms. The summed E-state index contributed by atoms with van der Waals surface area (Å²) in [4.78, 5) is 1.90. The van der Waals surface area contributed by atoms with Gasteiger partial charge in [0.1, 0.15) is 0 Å². The molecule has 19 heavy (non-hydrogen) atoms. The number of quaternary nitrogens is 1. The van der Waals surface area contributed by atoms with Gasteiger partial charge in [-0.3, -0.25) is 0 Å². The van der Waals surface area contributed by atoms with E-state index in [-0.39, 0.29) is 4.70 Å². The number of unbranched alkanes of at least 4 members (excludes halogenated alkanes) is 7. The van der Waals surface area contributed by atoms with E-state index in [1.165, 1.54) is 90.3 Å². The number of rotatable bonds is 10. The second-order valence-corrected chi connectivity index (χ2v) is 6.35. The number of halogens is 1. The summed E-state index contributed by atoms with van der Waals surface area (Å²) in [5, 5.41) is 0. The van der Waals surface area contributed by atoms with Gasteiger partial charge in [-0.25, -0.2) is 0 Å². The van der Waals surface area contributed by atoms with E-state index in [9.17, 15) is 0 Å². The standard InChI is InChI=1S/C17H35N.FH/c1-3-5-6-7-8-9-10-11-14-18-15-12-13-17(4-2)16-18;/h17H,3-16H2,1-2H3;1H. The molecule has 1 aliphatic heterocycles. The Morgan fingerprint density at radius 2 is 1.53 bits per heavy atom. The molecule has 0 aromatic heterocycles. The molecule has 0 spiro atoms. The van der Waals surface area contributed by atoms with Crippen LogP contribution in [0.3, 0.4) is 0 Å². The topological polar surface area (TPSA) is 4.44 Å². The van der Waals surface area contributed by atoms with Gasteiger partial charge in [0, 0.05) is 5.92 Å². The maximum absolute atomic E-state index is 2.36. The molecule has 1 rings (SSSR count). The van der Waals surface area contributed by atoms with E-state index < -0.39 is 0 Å². The van der Waals surface area contributed by atoms with Crippen molar-refractivity contribution in [2.45, 2.75) is 84.5 Å². The van der Waals surface area contributed by atoms with E-state index in [2.05, 4.69) is 13.8 Å². The summed E-state index contributed by atoms with van der Waals surface area (Å²) >= 11 is 0. The van der Waals surface area contributed by atoms with E-state index >= 15 is 0 Å². The molecule has 2 unspecified atom stereocenters. The van der Waals surface area contributed by atoms with Crippen LogP contribution in [0.1, 0.15) is 84.5 Å². The lowest BCUT2D eigenvalue weighted by Crippen LogP contribution is -3.13. The summed E-state index contributed by atoms with van der Waals surface area (Å²) in [6.07, 6.45) is 16.0. The second kappa shape index (κ2) is 12.9.